The van der Waals surface area contributed by atoms with Crippen LogP contribution in [0.3, 0.4) is 0 Å². The van der Waals surface area contributed by atoms with Gasteiger partial charge in [0.2, 0.25) is 11.8 Å². The molecular formula is C19H20Cl2N2O2S. The van der Waals surface area contributed by atoms with Gasteiger partial charge in [-0.1, -0.05) is 30.1 Å². The lowest BCUT2D eigenvalue weighted by atomic mass is 10.3. The van der Waals surface area contributed by atoms with E-state index in [0.29, 0.717) is 22.2 Å². The third-order valence-electron chi connectivity index (χ3n) is 3.49. The fraction of sp³-hybridized carbons (Fsp3) is 0.263. The van der Waals surface area contributed by atoms with Crippen molar-refractivity contribution in [2.24, 2.45) is 0 Å². The van der Waals surface area contributed by atoms with Crippen LogP contribution in [0.25, 0.3) is 0 Å². The number of carbonyl (C=O) groups excluding carboxylic acids is 2. The summed E-state index contributed by atoms with van der Waals surface area (Å²) in [6.07, 6.45) is 1.31. The first-order valence-electron chi connectivity index (χ1n) is 8.21. The standard InChI is InChI=1S/C19H20Cl2N2O2S/c1-3-4-18(24)22-14-6-8-15(9-7-14)26-12(2)19(25)23-17-10-5-13(20)11-16(17)21/h5-12H,3-4H2,1-2H3,(H,22,24)(H,23,25). The minimum Gasteiger partial charge on any atom is -0.326 e. The van der Waals surface area contributed by atoms with Crippen molar-refractivity contribution in [3.05, 3.63) is 52.5 Å². The van der Waals surface area contributed by atoms with E-state index in [4.69, 9.17) is 23.2 Å². The Kier molecular flexibility index (Phi) is 7.82. The third-order valence-corrected chi connectivity index (χ3v) is 5.15. The molecule has 0 aromatic heterocycles. The topological polar surface area (TPSA) is 58.2 Å². The third kappa shape index (κ3) is 6.24. The van der Waals surface area contributed by atoms with E-state index in [1.165, 1.54) is 11.8 Å². The second-order valence-electron chi connectivity index (χ2n) is 5.70. The summed E-state index contributed by atoms with van der Waals surface area (Å²) < 4.78 is 0. The van der Waals surface area contributed by atoms with Crippen molar-refractivity contribution in [3.8, 4) is 0 Å². The van der Waals surface area contributed by atoms with Crippen LogP contribution in [0.1, 0.15) is 26.7 Å². The number of carbonyl (C=O) groups is 2. The lowest BCUT2D eigenvalue weighted by Crippen LogP contribution is -2.22. The van der Waals surface area contributed by atoms with E-state index in [0.717, 1.165) is 17.0 Å². The molecule has 26 heavy (non-hydrogen) atoms. The van der Waals surface area contributed by atoms with E-state index < -0.39 is 0 Å². The summed E-state index contributed by atoms with van der Waals surface area (Å²) >= 11 is 13.4. The first-order chi connectivity index (χ1) is 12.4. The average Bonchev–Trinajstić information content (AvgIpc) is 2.59. The van der Waals surface area contributed by atoms with Crippen molar-refractivity contribution in [2.45, 2.75) is 36.8 Å². The fourth-order valence-electron chi connectivity index (χ4n) is 2.15. The van der Waals surface area contributed by atoms with Crippen molar-refractivity contribution in [1.82, 2.24) is 0 Å². The molecule has 1 unspecified atom stereocenters. The summed E-state index contributed by atoms with van der Waals surface area (Å²) in [5, 5.41) is 6.23. The minimum atomic E-state index is -0.317. The van der Waals surface area contributed by atoms with Crippen molar-refractivity contribution in [1.29, 1.82) is 0 Å². The molecule has 0 heterocycles. The summed E-state index contributed by atoms with van der Waals surface area (Å²) in [6.45, 7) is 3.78. The van der Waals surface area contributed by atoms with Crippen LogP contribution in [0.5, 0.6) is 0 Å². The lowest BCUT2D eigenvalue weighted by molar-refractivity contribution is -0.116. The minimum absolute atomic E-state index is 0.000456. The first kappa shape index (κ1) is 20.6. The van der Waals surface area contributed by atoms with Gasteiger partial charge in [0.1, 0.15) is 0 Å². The van der Waals surface area contributed by atoms with Crippen molar-refractivity contribution >= 4 is 58.2 Å². The molecule has 138 valence electrons. The predicted octanol–water partition coefficient (Wildman–Crippen LogP) is 5.85. The van der Waals surface area contributed by atoms with Gasteiger partial charge in [-0.25, -0.2) is 0 Å². The predicted molar refractivity (Wildman–Crippen MR) is 110 cm³/mol. The van der Waals surface area contributed by atoms with Gasteiger partial charge in [0, 0.05) is 22.0 Å². The Hall–Kier alpha value is -1.69. The van der Waals surface area contributed by atoms with Gasteiger partial charge in [-0.2, -0.15) is 0 Å². The van der Waals surface area contributed by atoms with Gasteiger partial charge in [-0.05, 0) is 55.8 Å². The van der Waals surface area contributed by atoms with Gasteiger partial charge >= 0.3 is 0 Å². The highest BCUT2D eigenvalue weighted by atomic mass is 35.5. The molecule has 0 aliphatic heterocycles. The monoisotopic (exact) mass is 410 g/mol. The maximum Gasteiger partial charge on any atom is 0.237 e. The van der Waals surface area contributed by atoms with E-state index >= 15 is 0 Å². The molecule has 4 nitrogen and oxygen atoms in total. The molecular weight excluding hydrogens is 391 g/mol. The SMILES string of the molecule is CCCC(=O)Nc1ccc(SC(C)C(=O)Nc2ccc(Cl)cc2Cl)cc1. The number of thioether (sulfide) groups is 1. The van der Waals surface area contributed by atoms with Crippen LogP contribution in [0, 0.1) is 0 Å². The molecule has 2 aromatic carbocycles. The van der Waals surface area contributed by atoms with Gasteiger partial charge < -0.3 is 10.6 Å². The average molecular weight is 411 g/mol. The maximum atomic E-state index is 12.4. The molecule has 0 spiro atoms. The normalized spacial score (nSPS) is 11.7. The molecule has 2 aromatic rings. The molecule has 0 aliphatic carbocycles. The van der Waals surface area contributed by atoms with Crippen molar-refractivity contribution < 1.29 is 9.59 Å². The fourth-order valence-corrected chi connectivity index (χ4v) is 3.47. The Morgan fingerprint density at radius 3 is 2.38 bits per heavy atom. The van der Waals surface area contributed by atoms with E-state index in [1.807, 2.05) is 38.1 Å². The number of hydrogen-bond acceptors (Lipinski definition) is 3. The Labute approximate surface area is 167 Å². The van der Waals surface area contributed by atoms with Crippen LogP contribution < -0.4 is 10.6 Å². The Morgan fingerprint density at radius 2 is 1.77 bits per heavy atom. The Bertz CT molecular complexity index is 782. The van der Waals surface area contributed by atoms with Crippen LogP contribution in [-0.4, -0.2) is 17.1 Å². The Morgan fingerprint density at radius 1 is 1.08 bits per heavy atom. The van der Waals surface area contributed by atoms with Crippen LogP contribution in [0.2, 0.25) is 10.0 Å². The van der Waals surface area contributed by atoms with E-state index in [-0.39, 0.29) is 17.1 Å². The summed E-state index contributed by atoms with van der Waals surface area (Å²) in [4.78, 5) is 24.9. The zero-order chi connectivity index (χ0) is 19.1. The molecule has 2 rings (SSSR count). The molecule has 0 radical (unpaired) electrons. The second-order valence-corrected chi connectivity index (χ2v) is 7.95. The molecule has 1 atom stereocenters. The molecule has 2 N–H and O–H groups in total. The van der Waals surface area contributed by atoms with E-state index in [1.54, 1.807) is 18.2 Å². The zero-order valence-corrected chi connectivity index (χ0v) is 16.8. The molecule has 2 amide bonds. The summed E-state index contributed by atoms with van der Waals surface area (Å²) in [5.74, 6) is -0.153. The van der Waals surface area contributed by atoms with Crippen LogP contribution >= 0.6 is 35.0 Å². The van der Waals surface area contributed by atoms with Crippen molar-refractivity contribution in [3.63, 3.8) is 0 Å². The van der Waals surface area contributed by atoms with Gasteiger partial charge in [-0.3, -0.25) is 9.59 Å². The molecule has 0 bridgehead atoms. The number of halogens is 2. The van der Waals surface area contributed by atoms with Gasteiger partial charge in [0.25, 0.3) is 0 Å². The molecule has 0 saturated carbocycles. The Balaban J connectivity index is 1.92. The second kappa shape index (κ2) is 9.86. The highest BCUT2D eigenvalue weighted by Crippen LogP contribution is 2.28. The highest BCUT2D eigenvalue weighted by molar-refractivity contribution is 8.00. The van der Waals surface area contributed by atoms with E-state index in [9.17, 15) is 9.59 Å². The number of anilines is 2. The number of rotatable bonds is 7. The number of amides is 2. The van der Waals surface area contributed by atoms with Crippen LogP contribution in [-0.2, 0) is 9.59 Å². The largest absolute Gasteiger partial charge is 0.326 e. The number of benzene rings is 2. The number of nitrogens with one attached hydrogen (secondary N) is 2. The summed E-state index contributed by atoms with van der Waals surface area (Å²) in [6, 6.07) is 12.4. The zero-order valence-electron chi connectivity index (χ0n) is 14.5. The van der Waals surface area contributed by atoms with Crippen LogP contribution in [0.4, 0.5) is 11.4 Å². The summed E-state index contributed by atoms with van der Waals surface area (Å²) in [5.41, 5.74) is 1.28. The van der Waals surface area contributed by atoms with Gasteiger partial charge in [0.15, 0.2) is 0 Å². The molecule has 0 fully saturated rings. The molecule has 0 aliphatic rings. The number of hydrogen-bond donors (Lipinski definition) is 2. The quantitative estimate of drug-likeness (QED) is 0.562. The first-order valence-corrected chi connectivity index (χ1v) is 9.85. The van der Waals surface area contributed by atoms with E-state index in [2.05, 4.69) is 10.6 Å². The van der Waals surface area contributed by atoms with Crippen molar-refractivity contribution in [2.75, 3.05) is 10.6 Å². The molecule has 0 saturated heterocycles. The molecule has 7 heteroatoms. The highest BCUT2D eigenvalue weighted by Gasteiger charge is 2.16. The smallest absolute Gasteiger partial charge is 0.237 e. The van der Waals surface area contributed by atoms with Crippen LogP contribution in [0.15, 0.2) is 47.4 Å². The lowest BCUT2D eigenvalue weighted by Gasteiger charge is -2.13. The maximum absolute atomic E-state index is 12.4. The van der Waals surface area contributed by atoms with Gasteiger partial charge in [-0.15, -0.1) is 11.8 Å². The summed E-state index contributed by atoms with van der Waals surface area (Å²) in [7, 11) is 0. The van der Waals surface area contributed by atoms with Gasteiger partial charge in [0.05, 0.1) is 16.0 Å².